The lowest BCUT2D eigenvalue weighted by molar-refractivity contribution is 0.332. The highest BCUT2D eigenvalue weighted by molar-refractivity contribution is 7.00. The van der Waals surface area contributed by atoms with Crippen LogP contribution in [0.15, 0.2) is 138 Å². The van der Waals surface area contributed by atoms with Crippen LogP contribution in [0, 0.1) is 0 Å². The van der Waals surface area contributed by atoms with Crippen LogP contribution >= 0.6 is 0 Å². The number of benzene rings is 7. The predicted octanol–water partition coefficient (Wildman–Crippen LogP) is 15.6. The molecule has 0 N–H and O–H groups in total. The molecule has 3 nitrogen and oxygen atoms in total. The summed E-state index contributed by atoms with van der Waals surface area (Å²) in [6, 6.07) is 51.5. The third-order valence-electron chi connectivity index (χ3n) is 15.6. The normalized spacial score (nSPS) is 16.3. The van der Waals surface area contributed by atoms with Crippen LogP contribution in [-0.4, -0.2) is 6.71 Å². The summed E-state index contributed by atoms with van der Waals surface area (Å²) < 4.78 is 6.35. The lowest BCUT2D eigenvalue weighted by atomic mass is 9.33. The average Bonchev–Trinajstić information content (AvgIpc) is 3.64. The smallest absolute Gasteiger partial charge is 0.252 e. The molecule has 0 saturated heterocycles. The molecular weight excluding hydrogens is 800 g/mol. The van der Waals surface area contributed by atoms with Crippen LogP contribution in [0.5, 0.6) is 0 Å². The first kappa shape index (κ1) is 42.6. The number of rotatable bonds is 3. The molecule has 2 aliphatic heterocycles. The van der Waals surface area contributed by atoms with Crippen LogP contribution in [0.1, 0.15) is 131 Å². The van der Waals surface area contributed by atoms with Crippen molar-refractivity contribution in [1.82, 2.24) is 0 Å². The lowest BCUT2D eigenvalue weighted by Crippen LogP contribution is -2.61. The molecule has 0 bridgehead atoms. The fourth-order valence-electron chi connectivity index (χ4n) is 11.3. The van der Waals surface area contributed by atoms with Gasteiger partial charge in [0.15, 0.2) is 0 Å². The molecule has 0 unspecified atom stereocenters. The first-order valence-corrected chi connectivity index (χ1v) is 24.3. The minimum Gasteiger partial charge on any atom is -0.456 e. The maximum atomic E-state index is 6.35. The summed E-state index contributed by atoms with van der Waals surface area (Å²) in [7, 11) is 0. The van der Waals surface area contributed by atoms with Crippen molar-refractivity contribution in [1.29, 1.82) is 0 Å². The maximum Gasteiger partial charge on any atom is 0.252 e. The molecule has 11 rings (SSSR count). The Balaban J connectivity index is 1.17. The summed E-state index contributed by atoms with van der Waals surface area (Å²) in [6.45, 7) is 31.0. The first-order valence-electron chi connectivity index (χ1n) is 24.3. The molecule has 66 heavy (non-hydrogen) atoms. The Morgan fingerprint density at radius 3 is 1.68 bits per heavy atom. The van der Waals surface area contributed by atoms with Crippen molar-refractivity contribution in [3.05, 3.63) is 161 Å². The third-order valence-corrected chi connectivity index (χ3v) is 15.6. The molecule has 8 aromatic rings. The number of para-hydroxylation sites is 1. The molecule has 0 fully saturated rings. The standard InChI is InChI=1S/C62H65BN2O/c1-58(2,3)40-22-29-51-50(33-40)63-49-28-21-41(59(4,5)6)34-52(49)64(43-23-18-38(19-24-43)39-20-26-46-45-16-14-15-17-55(45)66-56(46)32-39)53-35-42(60(7,8)9)36-54(57(53)63)65(51)44-25-27-47-48(37-44)62(12,13)31-30-61(47,10)11/h14-29,32-37H,30-31H2,1-13H3. The van der Waals surface area contributed by atoms with Crippen LogP contribution < -0.4 is 26.2 Å². The summed E-state index contributed by atoms with van der Waals surface area (Å²) >= 11 is 0. The first-order chi connectivity index (χ1) is 31.1. The van der Waals surface area contributed by atoms with Gasteiger partial charge in [0.05, 0.1) is 0 Å². The number of anilines is 6. The molecule has 3 aliphatic rings. The Kier molecular flexibility index (Phi) is 9.21. The van der Waals surface area contributed by atoms with Gasteiger partial charge < -0.3 is 14.2 Å². The van der Waals surface area contributed by atoms with Crippen molar-refractivity contribution < 1.29 is 4.42 Å². The Bertz CT molecular complexity index is 3270. The van der Waals surface area contributed by atoms with Gasteiger partial charge in [-0.15, -0.1) is 0 Å². The van der Waals surface area contributed by atoms with E-state index in [1.165, 1.54) is 91.0 Å². The van der Waals surface area contributed by atoms with Crippen molar-refractivity contribution in [2.24, 2.45) is 0 Å². The van der Waals surface area contributed by atoms with Crippen LogP contribution in [-0.2, 0) is 27.1 Å². The van der Waals surface area contributed by atoms with Gasteiger partial charge in [-0.2, -0.15) is 0 Å². The van der Waals surface area contributed by atoms with Gasteiger partial charge in [0, 0.05) is 44.9 Å². The van der Waals surface area contributed by atoms with E-state index < -0.39 is 0 Å². The molecule has 0 amide bonds. The second kappa shape index (κ2) is 14.3. The van der Waals surface area contributed by atoms with E-state index in [2.05, 4.69) is 227 Å². The predicted molar refractivity (Wildman–Crippen MR) is 285 cm³/mol. The van der Waals surface area contributed by atoms with Crippen LogP contribution in [0.4, 0.5) is 34.1 Å². The highest BCUT2D eigenvalue weighted by atomic mass is 16.3. The van der Waals surface area contributed by atoms with E-state index >= 15 is 0 Å². The molecule has 0 saturated carbocycles. The highest BCUT2D eigenvalue weighted by Crippen LogP contribution is 2.51. The molecule has 1 aromatic heterocycles. The second-order valence-electron chi connectivity index (χ2n) is 24.2. The third kappa shape index (κ3) is 6.68. The highest BCUT2D eigenvalue weighted by Gasteiger charge is 2.46. The fourth-order valence-corrected chi connectivity index (χ4v) is 11.3. The molecule has 7 aromatic carbocycles. The van der Waals surface area contributed by atoms with E-state index in [1.54, 1.807) is 0 Å². The Labute approximate surface area is 393 Å². The van der Waals surface area contributed by atoms with Gasteiger partial charge in [-0.05, 0) is 162 Å². The lowest BCUT2D eigenvalue weighted by Gasteiger charge is -2.46. The van der Waals surface area contributed by atoms with Gasteiger partial charge in [-0.1, -0.05) is 157 Å². The molecule has 332 valence electrons. The monoisotopic (exact) mass is 865 g/mol. The zero-order chi connectivity index (χ0) is 46.5. The number of hydrogen-bond donors (Lipinski definition) is 0. The second-order valence-corrected chi connectivity index (χ2v) is 24.2. The van der Waals surface area contributed by atoms with Gasteiger partial charge in [0.2, 0.25) is 0 Å². The van der Waals surface area contributed by atoms with Crippen LogP contribution in [0.2, 0.25) is 0 Å². The topological polar surface area (TPSA) is 19.6 Å². The van der Waals surface area contributed by atoms with E-state index in [9.17, 15) is 0 Å². The van der Waals surface area contributed by atoms with Crippen LogP contribution in [0.3, 0.4) is 0 Å². The maximum absolute atomic E-state index is 6.35. The fraction of sp³-hybridized carbons (Fsp3) is 0.323. The Hall–Kier alpha value is -6.00. The van der Waals surface area contributed by atoms with Crippen LogP contribution in [0.25, 0.3) is 33.1 Å². The summed E-state index contributed by atoms with van der Waals surface area (Å²) in [4.78, 5) is 5.23. The van der Waals surface area contributed by atoms with Gasteiger partial charge >= 0.3 is 0 Å². The van der Waals surface area contributed by atoms with Gasteiger partial charge in [0.25, 0.3) is 6.71 Å². The van der Waals surface area contributed by atoms with Gasteiger partial charge in [-0.25, -0.2) is 0 Å². The minimum absolute atomic E-state index is 0.0171. The Morgan fingerprint density at radius 1 is 0.439 bits per heavy atom. The van der Waals surface area contributed by atoms with Crippen molar-refractivity contribution in [2.45, 2.75) is 130 Å². The molecule has 4 heteroatoms. The zero-order valence-electron chi connectivity index (χ0n) is 41.5. The van der Waals surface area contributed by atoms with Gasteiger partial charge in [-0.3, -0.25) is 0 Å². The average molecular weight is 865 g/mol. The zero-order valence-corrected chi connectivity index (χ0v) is 41.5. The molecule has 0 spiro atoms. The quantitative estimate of drug-likeness (QED) is 0.165. The van der Waals surface area contributed by atoms with Crippen molar-refractivity contribution in [2.75, 3.05) is 9.80 Å². The van der Waals surface area contributed by atoms with Gasteiger partial charge in [0.1, 0.15) is 11.2 Å². The largest absolute Gasteiger partial charge is 0.456 e. The van der Waals surface area contributed by atoms with Crippen molar-refractivity contribution in [3.63, 3.8) is 0 Å². The van der Waals surface area contributed by atoms with E-state index in [1.807, 2.05) is 6.07 Å². The summed E-state index contributed by atoms with van der Waals surface area (Å²) in [5.41, 5.74) is 22.7. The molecular formula is C62H65BN2O. The number of fused-ring (bicyclic) bond motifs is 8. The van der Waals surface area contributed by atoms with E-state index in [4.69, 9.17) is 4.42 Å². The van der Waals surface area contributed by atoms with E-state index in [0.29, 0.717) is 0 Å². The van der Waals surface area contributed by atoms with Crippen molar-refractivity contribution >= 4 is 79.2 Å². The SMILES string of the molecule is CC(C)(C)c1ccc2c(c1)B1c3ccc(C(C)(C)C)cc3N(c3ccc(-c4ccc5c(c4)oc4ccccc45)cc3)c3cc(C(C)(C)C)cc(c31)N2c1ccc2c(c1)C(C)(C)CCC2(C)C. The van der Waals surface area contributed by atoms with E-state index in [-0.39, 0.29) is 33.8 Å². The van der Waals surface area contributed by atoms with E-state index in [0.717, 1.165) is 33.2 Å². The molecule has 0 atom stereocenters. The summed E-state index contributed by atoms with van der Waals surface area (Å²) in [5, 5.41) is 2.30. The number of hydrogen-bond acceptors (Lipinski definition) is 3. The Morgan fingerprint density at radius 2 is 1.00 bits per heavy atom. The molecule has 1 aliphatic carbocycles. The summed E-state index contributed by atoms with van der Waals surface area (Å²) in [5.74, 6) is 0. The number of nitrogens with zero attached hydrogens (tertiary/aromatic N) is 2. The van der Waals surface area contributed by atoms with Crippen molar-refractivity contribution in [3.8, 4) is 11.1 Å². The molecule has 0 radical (unpaired) electrons. The molecule has 3 heterocycles. The summed E-state index contributed by atoms with van der Waals surface area (Å²) in [6.07, 6.45) is 2.37. The minimum atomic E-state index is -0.108. The number of furan rings is 1.